The number of nitrogens with one attached hydrogen (secondary N) is 2. The molecule has 1 aromatic heterocycles. The van der Waals surface area contributed by atoms with Gasteiger partial charge in [-0.15, -0.1) is 11.3 Å². The molecule has 3 rings (SSSR count). The molecule has 1 unspecified atom stereocenters. The molecule has 7 heteroatoms. The predicted molar refractivity (Wildman–Crippen MR) is 87.6 cm³/mol. The molecule has 122 valence electrons. The number of rotatable bonds is 5. The van der Waals surface area contributed by atoms with Crippen molar-refractivity contribution < 1.29 is 19.4 Å². The van der Waals surface area contributed by atoms with Crippen LogP contribution in [0, 0.1) is 0 Å². The van der Waals surface area contributed by atoms with Crippen LogP contribution in [0.3, 0.4) is 0 Å². The highest BCUT2D eigenvalue weighted by Crippen LogP contribution is 2.40. The first-order valence-electron chi connectivity index (χ1n) is 7.33. The number of methoxy groups -OCH3 is 1. The van der Waals surface area contributed by atoms with Crippen molar-refractivity contribution in [2.75, 3.05) is 20.3 Å². The topological polar surface area (TPSA) is 87.7 Å². The summed E-state index contributed by atoms with van der Waals surface area (Å²) in [4.78, 5) is 23.9. The first kappa shape index (κ1) is 15.9. The molecule has 1 aliphatic rings. The van der Waals surface area contributed by atoms with Crippen LogP contribution < -0.4 is 10.6 Å². The third-order valence-corrected chi connectivity index (χ3v) is 5.18. The fraction of sp³-hybridized carbons (Fsp3) is 0.375. The van der Waals surface area contributed by atoms with Gasteiger partial charge in [-0.3, -0.25) is 10.1 Å². The molecule has 0 saturated carbocycles. The number of ether oxygens (including phenoxy) is 1. The van der Waals surface area contributed by atoms with E-state index < -0.39 is 17.5 Å². The van der Waals surface area contributed by atoms with Crippen LogP contribution in [0.1, 0.15) is 17.9 Å². The van der Waals surface area contributed by atoms with Crippen molar-refractivity contribution in [3.05, 3.63) is 35.2 Å². The summed E-state index contributed by atoms with van der Waals surface area (Å²) in [6.07, 6.45) is 0.639. The summed E-state index contributed by atoms with van der Waals surface area (Å²) in [7, 11) is 1.40. The molecule has 0 spiro atoms. The number of hydrogen-bond acceptors (Lipinski definition) is 5. The summed E-state index contributed by atoms with van der Waals surface area (Å²) < 4.78 is 5.91. The van der Waals surface area contributed by atoms with Crippen LogP contribution in [-0.2, 0) is 14.3 Å². The van der Waals surface area contributed by atoms with Crippen molar-refractivity contribution in [1.82, 2.24) is 10.6 Å². The van der Waals surface area contributed by atoms with Gasteiger partial charge in [-0.05, 0) is 35.4 Å². The van der Waals surface area contributed by atoms with Crippen LogP contribution >= 0.6 is 11.3 Å². The average molecular weight is 334 g/mol. The average Bonchev–Trinajstić information content (AvgIpc) is 3.11. The van der Waals surface area contributed by atoms with Crippen LogP contribution in [0.5, 0.6) is 0 Å². The Kier molecular flexibility index (Phi) is 4.34. The van der Waals surface area contributed by atoms with Crippen molar-refractivity contribution >= 4 is 33.3 Å². The molecule has 1 fully saturated rings. The van der Waals surface area contributed by atoms with E-state index in [2.05, 4.69) is 10.6 Å². The van der Waals surface area contributed by atoms with Gasteiger partial charge in [0, 0.05) is 17.7 Å². The number of benzene rings is 1. The van der Waals surface area contributed by atoms with E-state index in [1.807, 2.05) is 29.6 Å². The summed E-state index contributed by atoms with van der Waals surface area (Å²) in [5.41, 5.74) is -0.546. The molecule has 1 amide bonds. The standard InChI is InChI=1S/C16H18N2O4S/c1-22-8-14(19)18-16(15(20)21)12(6-7-17-16)11-9-23-13-5-3-2-4-10(11)13/h2-5,9,12,17H,6-8H2,1H3,(H,18,19)(H,20,21)/t12?,16-/m1/s1. The zero-order chi connectivity index (χ0) is 16.4. The minimum Gasteiger partial charge on any atom is -0.478 e. The number of carboxylic acids is 1. The van der Waals surface area contributed by atoms with Crippen LogP contribution in [-0.4, -0.2) is 42.9 Å². The first-order valence-corrected chi connectivity index (χ1v) is 8.21. The van der Waals surface area contributed by atoms with Crippen molar-refractivity contribution in [1.29, 1.82) is 0 Å². The van der Waals surface area contributed by atoms with Crippen molar-refractivity contribution in [3.8, 4) is 0 Å². The summed E-state index contributed by atoms with van der Waals surface area (Å²) in [5, 5.41) is 18.4. The van der Waals surface area contributed by atoms with Crippen molar-refractivity contribution in [2.24, 2.45) is 0 Å². The van der Waals surface area contributed by atoms with Gasteiger partial charge in [0.25, 0.3) is 0 Å². The fourth-order valence-corrected chi connectivity index (χ4v) is 4.22. The molecule has 2 atom stereocenters. The number of aliphatic carboxylic acids is 1. The highest BCUT2D eigenvalue weighted by Gasteiger charge is 2.51. The summed E-state index contributed by atoms with van der Waals surface area (Å²) in [5.74, 6) is -1.87. The van der Waals surface area contributed by atoms with E-state index >= 15 is 0 Å². The van der Waals surface area contributed by atoms with Gasteiger partial charge in [-0.1, -0.05) is 18.2 Å². The summed E-state index contributed by atoms with van der Waals surface area (Å²) >= 11 is 1.58. The molecule has 1 aliphatic heterocycles. The molecule has 6 nitrogen and oxygen atoms in total. The summed E-state index contributed by atoms with van der Waals surface area (Å²) in [6.45, 7) is 0.349. The van der Waals surface area contributed by atoms with E-state index in [1.54, 1.807) is 11.3 Å². The zero-order valence-corrected chi connectivity index (χ0v) is 13.5. The Morgan fingerprint density at radius 3 is 3.00 bits per heavy atom. The Balaban J connectivity index is 2.02. The Labute approximate surface area is 137 Å². The lowest BCUT2D eigenvalue weighted by Crippen LogP contribution is -2.64. The number of thiophene rings is 1. The van der Waals surface area contributed by atoms with Crippen LogP contribution in [0.4, 0.5) is 0 Å². The Bertz CT molecular complexity index is 745. The number of carbonyl (C=O) groups excluding carboxylic acids is 1. The second kappa shape index (κ2) is 6.27. The molecular weight excluding hydrogens is 316 g/mol. The van der Waals surface area contributed by atoms with Crippen molar-refractivity contribution in [2.45, 2.75) is 18.0 Å². The van der Waals surface area contributed by atoms with Gasteiger partial charge in [0.05, 0.1) is 0 Å². The number of carbonyl (C=O) groups is 2. The van der Waals surface area contributed by atoms with E-state index in [1.165, 1.54) is 7.11 Å². The Morgan fingerprint density at radius 2 is 2.26 bits per heavy atom. The van der Waals surface area contributed by atoms with Gasteiger partial charge in [0.15, 0.2) is 5.66 Å². The van der Waals surface area contributed by atoms with Gasteiger partial charge < -0.3 is 15.2 Å². The van der Waals surface area contributed by atoms with E-state index in [0.29, 0.717) is 13.0 Å². The van der Waals surface area contributed by atoms with E-state index in [4.69, 9.17) is 4.74 Å². The van der Waals surface area contributed by atoms with E-state index in [-0.39, 0.29) is 12.5 Å². The normalized spacial score (nSPS) is 24.0. The third kappa shape index (κ3) is 2.71. The molecule has 23 heavy (non-hydrogen) atoms. The van der Waals surface area contributed by atoms with Crippen molar-refractivity contribution in [3.63, 3.8) is 0 Å². The SMILES string of the molecule is COCC(=O)N[C@]1(C(=O)O)NCCC1c1csc2ccccc12. The molecule has 2 aromatic rings. The van der Waals surface area contributed by atoms with Gasteiger partial charge in [0.2, 0.25) is 5.91 Å². The Morgan fingerprint density at radius 1 is 1.48 bits per heavy atom. The Hall–Kier alpha value is -1.96. The lowest BCUT2D eigenvalue weighted by atomic mass is 9.86. The lowest BCUT2D eigenvalue weighted by molar-refractivity contribution is -0.150. The fourth-order valence-electron chi connectivity index (χ4n) is 3.21. The van der Waals surface area contributed by atoms with Crippen LogP contribution in [0.2, 0.25) is 0 Å². The van der Waals surface area contributed by atoms with Crippen LogP contribution in [0.15, 0.2) is 29.6 Å². The van der Waals surface area contributed by atoms with Gasteiger partial charge in [0.1, 0.15) is 6.61 Å². The number of amides is 1. The van der Waals surface area contributed by atoms with Crippen LogP contribution in [0.25, 0.3) is 10.1 Å². The maximum absolute atomic E-state index is 12.0. The summed E-state index contributed by atoms with van der Waals surface area (Å²) in [6, 6.07) is 7.90. The second-order valence-electron chi connectivity index (χ2n) is 5.55. The highest BCUT2D eigenvalue weighted by molar-refractivity contribution is 7.17. The quantitative estimate of drug-likeness (QED) is 0.772. The smallest absolute Gasteiger partial charge is 0.345 e. The molecule has 3 N–H and O–H groups in total. The third-order valence-electron chi connectivity index (χ3n) is 4.20. The molecule has 0 bridgehead atoms. The molecule has 0 aliphatic carbocycles. The number of hydrogen-bond donors (Lipinski definition) is 3. The largest absolute Gasteiger partial charge is 0.478 e. The predicted octanol–water partition coefficient (Wildman–Crippen LogP) is 1.52. The molecule has 2 heterocycles. The van der Waals surface area contributed by atoms with E-state index in [0.717, 1.165) is 15.6 Å². The molecule has 1 saturated heterocycles. The monoisotopic (exact) mass is 334 g/mol. The van der Waals surface area contributed by atoms with Gasteiger partial charge in [-0.2, -0.15) is 0 Å². The lowest BCUT2D eigenvalue weighted by Gasteiger charge is -2.32. The van der Waals surface area contributed by atoms with Gasteiger partial charge >= 0.3 is 5.97 Å². The minimum absolute atomic E-state index is 0.173. The molecular formula is C16H18N2O4S. The van der Waals surface area contributed by atoms with E-state index in [9.17, 15) is 14.7 Å². The van der Waals surface area contributed by atoms with Gasteiger partial charge in [-0.25, -0.2) is 4.79 Å². The molecule has 1 aromatic carbocycles. The maximum Gasteiger partial charge on any atom is 0.345 e. The zero-order valence-electron chi connectivity index (χ0n) is 12.7. The minimum atomic E-state index is -1.50. The maximum atomic E-state index is 12.0. The number of carboxylic acid groups (broad SMARTS) is 1. The highest BCUT2D eigenvalue weighted by atomic mass is 32.1. The molecule has 0 radical (unpaired) electrons. The first-order chi connectivity index (χ1) is 11.1. The second-order valence-corrected chi connectivity index (χ2v) is 6.46. The number of fused-ring (bicyclic) bond motifs is 1.